The van der Waals surface area contributed by atoms with E-state index in [1.165, 1.54) is 16.8 Å². The lowest BCUT2D eigenvalue weighted by molar-refractivity contribution is -0.141. The first-order valence-corrected chi connectivity index (χ1v) is 9.63. The van der Waals surface area contributed by atoms with Gasteiger partial charge in [-0.25, -0.2) is 18.4 Å². The quantitative estimate of drug-likeness (QED) is 0.760. The van der Waals surface area contributed by atoms with Crippen molar-refractivity contribution in [2.45, 2.75) is 30.6 Å². The van der Waals surface area contributed by atoms with Crippen LogP contribution in [0.3, 0.4) is 0 Å². The zero-order valence-corrected chi connectivity index (χ0v) is 15.2. The summed E-state index contributed by atoms with van der Waals surface area (Å²) in [6, 6.07) is 0.473. The van der Waals surface area contributed by atoms with Crippen molar-refractivity contribution in [3.63, 3.8) is 0 Å². The third kappa shape index (κ3) is 4.21. The number of aryl methyl sites for hydroxylation is 1. The molecule has 0 bridgehead atoms. The molecule has 1 aliphatic heterocycles. The maximum Gasteiger partial charge on any atom is 0.433 e. The summed E-state index contributed by atoms with van der Waals surface area (Å²) < 4.78 is 66.8. The lowest BCUT2D eigenvalue weighted by atomic mass is 9.98. The average Bonchev–Trinajstić information content (AvgIpc) is 3.03. The second kappa shape index (κ2) is 7.08. The fraction of sp³-hybridized carbons (Fsp3) is 0.533. The SMILES string of the molecule is Cn1cnc(S(=O)(=O)N2CCC(Cn3cnc(C(F)(F)F)cc3=O)CC2)c1. The lowest BCUT2D eigenvalue weighted by Crippen LogP contribution is -2.40. The second-order valence-corrected chi connectivity index (χ2v) is 8.37. The molecule has 148 valence electrons. The molecule has 1 fully saturated rings. The van der Waals surface area contributed by atoms with Crippen molar-refractivity contribution < 1.29 is 21.6 Å². The minimum atomic E-state index is -4.66. The number of piperidine rings is 1. The van der Waals surface area contributed by atoms with Crippen molar-refractivity contribution in [1.82, 2.24) is 23.4 Å². The first kappa shape index (κ1) is 19.5. The molecule has 27 heavy (non-hydrogen) atoms. The van der Waals surface area contributed by atoms with Crippen molar-refractivity contribution in [2.24, 2.45) is 13.0 Å². The smallest absolute Gasteiger partial charge is 0.339 e. The monoisotopic (exact) mass is 405 g/mol. The van der Waals surface area contributed by atoms with Crippen LogP contribution < -0.4 is 5.56 Å². The Balaban J connectivity index is 1.64. The summed E-state index contributed by atoms with van der Waals surface area (Å²) in [4.78, 5) is 19.0. The number of sulfonamides is 1. The normalized spacial score (nSPS) is 17.3. The van der Waals surface area contributed by atoms with Crippen LogP contribution in [0.1, 0.15) is 18.5 Å². The van der Waals surface area contributed by atoms with E-state index in [1.54, 1.807) is 11.6 Å². The lowest BCUT2D eigenvalue weighted by Gasteiger charge is -2.30. The van der Waals surface area contributed by atoms with E-state index in [0.29, 0.717) is 18.9 Å². The van der Waals surface area contributed by atoms with Crippen LogP contribution in [0.15, 0.2) is 34.7 Å². The van der Waals surface area contributed by atoms with Gasteiger partial charge in [0, 0.05) is 38.9 Å². The Morgan fingerprint density at radius 2 is 1.85 bits per heavy atom. The van der Waals surface area contributed by atoms with E-state index >= 15 is 0 Å². The Morgan fingerprint density at radius 1 is 1.19 bits per heavy atom. The fourth-order valence-corrected chi connectivity index (χ4v) is 4.42. The van der Waals surface area contributed by atoms with Gasteiger partial charge in [0.05, 0.1) is 12.7 Å². The fourth-order valence-electron chi connectivity index (χ4n) is 2.98. The molecule has 12 heteroatoms. The summed E-state index contributed by atoms with van der Waals surface area (Å²) in [5.41, 5.74) is -2.00. The largest absolute Gasteiger partial charge is 0.433 e. The molecule has 2 aromatic rings. The van der Waals surface area contributed by atoms with Crippen LogP contribution in [0.5, 0.6) is 0 Å². The number of aromatic nitrogens is 4. The highest BCUT2D eigenvalue weighted by Crippen LogP contribution is 2.26. The van der Waals surface area contributed by atoms with Gasteiger partial charge in [-0.05, 0) is 18.8 Å². The van der Waals surface area contributed by atoms with Crippen LogP contribution in [0.25, 0.3) is 0 Å². The van der Waals surface area contributed by atoms with Crippen LogP contribution in [0.4, 0.5) is 13.2 Å². The Kier molecular flexibility index (Phi) is 5.12. The molecule has 0 saturated carbocycles. The summed E-state index contributed by atoms with van der Waals surface area (Å²) >= 11 is 0. The Hall–Kier alpha value is -2.21. The molecule has 1 saturated heterocycles. The standard InChI is InChI=1S/C15H18F3N5O3S/c1-21-8-13(20-9-21)27(25,26)23-4-2-11(3-5-23)7-22-10-19-12(6-14(22)24)15(16,17)18/h6,8-11H,2-5,7H2,1H3. The average molecular weight is 405 g/mol. The molecule has 0 aliphatic carbocycles. The summed E-state index contributed by atoms with van der Waals surface area (Å²) in [5.74, 6) is -0.0311. The number of hydrogen-bond acceptors (Lipinski definition) is 5. The molecule has 3 rings (SSSR count). The maximum absolute atomic E-state index is 12.6. The maximum atomic E-state index is 12.6. The van der Waals surface area contributed by atoms with Crippen LogP contribution >= 0.6 is 0 Å². The number of hydrogen-bond donors (Lipinski definition) is 0. The van der Waals surface area contributed by atoms with E-state index in [0.717, 1.165) is 10.9 Å². The first-order chi connectivity index (χ1) is 12.6. The van der Waals surface area contributed by atoms with Crippen molar-refractivity contribution in [3.05, 3.63) is 41.0 Å². The second-order valence-electron chi connectivity index (χ2n) is 6.49. The van der Waals surface area contributed by atoms with Gasteiger partial charge in [0.15, 0.2) is 10.7 Å². The van der Waals surface area contributed by atoms with Crippen LogP contribution in [-0.4, -0.2) is 44.9 Å². The molecule has 0 amide bonds. The van der Waals surface area contributed by atoms with Crippen molar-refractivity contribution in [3.8, 4) is 0 Å². The third-order valence-corrected chi connectivity index (χ3v) is 6.27. The van der Waals surface area contributed by atoms with Crippen molar-refractivity contribution in [2.75, 3.05) is 13.1 Å². The topological polar surface area (TPSA) is 90.1 Å². The van der Waals surface area contributed by atoms with Crippen molar-refractivity contribution >= 4 is 10.0 Å². The van der Waals surface area contributed by atoms with Gasteiger partial charge in [-0.15, -0.1) is 0 Å². The molecular weight excluding hydrogens is 387 g/mol. The van der Waals surface area contributed by atoms with Gasteiger partial charge in [-0.2, -0.15) is 17.5 Å². The molecule has 8 nitrogen and oxygen atoms in total. The molecule has 0 unspecified atom stereocenters. The summed E-state index contributed by atoms with van der Waals surface area (Å²) in [6.07, 6.45) is 0.0309. The molecule has 3 heterocycles. The third-order valence-electron chi connectivity index (χ3n) is 4.48. The molecular formula is C15H18F3N5O3S. The molecule has 0 aromatic carbocycles. The number of imidazole rings is 1. The molecule has 0 radical (unpaired) electrons. The predicted molar refractivity (Wildman–Crippen MR) is 88.2 cm³/mol. The first-order valence-electron chi connectivity index (χ1n) is 8.19. The summed E-state index contributed by atoms with van der Waals surface area (Å²) in [5, 5.41) is -0.0217. The zero-order valence-electron chi connectivity index (χ0n) is 14.4. The molecule has 2 aromatic heterocycles. The van der Waals surface area contributed by atoms with Gasteiger partial charge in [0.2, 0.25) is 0 Å². The number of alkyl halides is 3. The van der Waals surface area contributed by atoms with E-state index in [2.05, 4.69) is 9.97 Å². The van der Waals surface area contributed by atoms with Gasteiger partial charge in [-0.3, -0.25) is 9.36 Å². The van der Waals surface area contributed by atoms with E-state index < -0.39 is 27.5 Å². The van der Waals surface area contributed by atoms with Gasteiger partial charge in [0.1, 0.15) is 0 Å². The highest BCUT2D eigenvalue weighted by atomic mass is 32.2. The zero-order chi connectivity index (χ0) is 19.8. The van der Waals surface area contributed by atoms with Crippen LogP contribution in [0, 0.1) is 5.92 Å². The highest BCUT2D eigenvalue weighted by Gasteiger charge is 2.34. The predicted octanol–water partition coefficient (Wildman–Crippen LogP) is 1.10. The number of halogens is 3. The van der Waals surface area contributed by atoms with Gasteiger partial charge in [-0.1, -0.05) is 0 Å². The number of nitrogens with zero attached hydrogens (tertiary/aromatic N) is 5. The van der Waals surface area contributed by atoms with E-state index in [9.17, 15) is 26.4 Å². The minimum absolute atomic E-state index is 0.0217. The Morgan fingerprint density at radius 3 is 2.37 bits per heavy atom. The molecule has 0 N–H and O–H groups in total. The summed E-state index contributed by atoms with van der Waals surface area (Å²) in [6.45, 7) is 0.709. The van der Waals surface area contributed by atoms with Crippen molar-refractivity contribution in [1.29, 1.82) is 0 Å². The molecule has 0 spiro atoms. The minimum Gasteiger partial charge on any atom is -0.339 e. The number of rotatable bonds is 4. The Labute approximate surface area is 153 Å². The van der Waals surface area contributed by atoms with Crippen LogP contribution in [-0.2, 0) is 29.8 Å². The van der Waals surface area contributed by atoms with E-state index in [-0.39, 0.29) is 30.6 Å². The summed E-state index contributed by atoms with van der Waals surface area (Å²) in [7, 11) is -2.00. The van der Waals surface area contributed by atoms with Gasteiger partial charge >= 0.3 is 6.18 Å². The Bertz CT molecular complexity index is 975. The van der Waals surface area contributed by atoms with Crippen LogP contribution in [0.2, 0.25) is 0 Å². The van der Waals surface area contributed by atoms with Gasteiger partial charge < -0.3 is 4.57 Å². The van der Waals surface area contributed by atoms with Gasteiger partial charge in [0.25, 0.3) is 15.6 Å². The van der Waals surface area contributed by atoms with E-state index in [4.69, 9.17) is 0 Å². The highest BCUT2D eigenvalue weighted by molar-refractivity contribution is 7.89. The molecule has 1 aliphatic rings. The van der Waals surface area contributed by atoms with E-state index in [1.807, 2.05) is 0 Å². The molecule has 0 atom stereocenters.